The summed E-state index contributed by atoms with van der Waals surface area (Å²) in [4.78, 5) is 26.5. The van der Waals surface area contributed by atoms with E-state index in [-0.39, 0.29) is 17.9 Å². The van der Waals surface area contributed by atoms with Gasteiger partial charge in [-0.15, -0.1) is 10.2 Å². The summed E-state index contributed by atoms with van der Waals surface area (Å²) < 4.78 is 10.1. The number of amides is 3. The predicted octanol–water partition coefficient (Wildman–Crippen LogP) is 2.33. The van der Waals surface area contributed by atoms with Crippen LogP contribution in [0.4, 0.5) is 10.5 Å². The standard InChI is InChI=1S/C19H25N5O4S/c1-27-11-9-20-19(26)24-10-3-4-13(12-24)17-22-23-18(29-17)16(25)21-14-5-7-15(28-2)8-6-14/h5-8,13H,3-4,9-12H2,1-2H3,(H,20,26)(H,21,25)/t13-/m0/s1. The maximum absolute atomic E-state index is 12.5. The van der Waals surface area contributed by atoms with Gasteiger partial charge < -0.3 is 25.0 Å². The first kappa shape index (κ1) is 21.0. The molecule has 3 amide bonds. The van der Waals surface area contributed by atoms with E-state index in [0.29, 0.717) is 42.7 Å². The Balaban J connectivity index is 1.58. The Bertz CT molecular complexity index is 826. The van der Waals surface area contributed by atoms with E-state index < -0.39 is 0 Å². The summed E-state index contributed by atoms with van der Waals surface area (Å²) in [6.07, 6.45) is 1.80. The van der Waals surface area contributed by atoms with Gasteiger partial charge in [0.15, 0.2) is 0 Å². The average Bonchev–Trinajstić information content (AvgIpc) is 3.25. The van der Waals surface area contributed by atoms with Crippen LogP contribution in [0, 0.1) is 0 Å². The number of methoxy groups -OCH3 is 2. The van der Waals surface area contributed by atoms with Crippen LogP contribution in [-0.4, -0.2) is 67.5 Å². The third kappa shape index (κ3) is 5.64. The zero-order chi connectivity index (χ0) is 20.6. The summed E-state index contributed by atoms with van der Waals surface area (Å²) in [6.45, 7) is 2.23. The number of nitrogens with one attached hydrogen (secondary N) is 2. The van der Waals surface area contributed by atoms with Crippen LogP contribution in [0.15, 0.2) is 24.3 Å². The molecule has 9 nitrogen and oxygen atoms in total. The number of urea groups is 1. The maximum atomic E-state index is 12.5. The number of hydrogen-bond acceptors (Lipinski definition) is 7. The highest BCUT2D eigenvalue weighted by molar-refractivity contribution is 7.13. The molecule has 0 radical (unpaired) electrons. The number of ether oxygens (including phenoxy) is 2. The first-order valence-corrected chi connectivity index (χ1v) is 10.2. The number of nitrogens with zero attached hydrogens (tertiary/aromatic N) is 3. The molecule has 1 fully saturated rings. The Labute approximate surface area is 173 Å². The van der Waals surface area contributed by atoms with Gasteiger partial charge >= 0.3 is 6.03 Å². The molecule has 2 N–H and O–H groups in total. The van der Waals surface area contributed by atoms with E-state index in [1.165, 1.54) is 11.3 Å². The van der Waals surface area contributed by atoms with Crippen molar-refractivity contribution in [2.45, 2.75) is 18.8 Å². The first-order chi connectivity index (χ1) is 14.1. The highest BCUT2D eigenvalue weighted by atomic mass is 32.1. The van der Waals surface area contributed by atoms with E-state index in [0.717, 1.165) is 17.8 Å². The minimum Gasteiger partial charge on any atom is -0.497 e. The van der Waals surface area contributed by atoms with Gasteiger partial charge in [0.25, 0.3) is 5.91 Å². The molecule has 0 saturated carbocycles. The molecule has 1 aliphatic heterocycles. The van der Waals surface area contributed by atoms with Gasteiger partial charge in [0.2, 0.25) is 5.01 Å². The molecule has 1 aromatic carbocycles. The lowest BCUT2D eigenvalue weighted by atomic mass is 9.99. The molecule has 1 saturated heterocycles. The number of rotatable bonds is 7. The second-order valence-corrected chi connectivity index (χ2v) is 7.65. The van der Waals surface area contributed by atoms with Gasteiger partial charge in [-0.1, -0.05) is 11.3 Å². The van der Waals surface area contributed by atoms with Gasteiger partial charge in [-0.2, -0.15) is 0 Å². The molecule has 2 heterocycles. The first-order valence-electron chi connectivity index (χ1n) is 9.41. The fraction of sp³-hybridized carbons (Fsp3) is 0.474. The Morgan fingerprint density at radius 2 is 2.03 bits per heavy atom. The summed E-state index contributed by atoms with van der Waals surface area (Å²) in [5.74, 6) is 0.496. The van der Waals surface area contributed by atoms with Crippen molar-refractivity contribution in [3.63, 3.8) is 0 Å². The van der Waals surface area contributed by atoms with Crippen molar-refractivity contribution in [3.05, 3.63) is 34.3 Å². The summed E-state index contributed by atoms with van der Waals surface area (Å²) in [6, 6.07) is 6.97. The number of piperidine rings is 1. The fourth-order valence-corrected chi connectivity index (χ4v) is 3.95. The number of hydrogen-bond donors (Lipinski definition) is 2. The van der Waals surface area contributed by atoms with E-state index in [4.69, 9.17) is 9.47 Å². The summed E-state index contributed by atoms with van der Waals surface area (Å²) in [7, 11) is 3.19. The van der Waals surface area contributed by atoms with Crippen molar-refractivity contribution >= 4 is 29.0 Å². The van der Waals surface area contributed by atoms with Gasteiger partial charge in [-0.25, -0.2) is 4.79 Å². The minimum absolute atomic E-state index is 0.0805. The van der Waals surface area contributed by atoms with Crippen molar-refractivity contribution in [1.82, 2.24) is 20.4 Å². The average molecular weight is 420 g/mol. The number of aromatic nitrogens is 2. The van der Waals surface area contributed by atoms with Crippen molar-refractivity contribution in [1.29, 1.82) is 0 Å². The molecule has 1 aliphatic rings. The molecular weight excluding hydrogens is 394 g/mol. The van der Waals surface area contributed by atoms with Crippen LogP contribution in [0.1, 0.15) is 33.6 Å². The van der Waals surface area contributed by atoms with Crippen LogP contribution in [0.3, 0.4) is 0 Å². The molecule has 1 aromatic heterocycles. The smallest absolute Gasteiger partial charge is 0.317 e. The molecule has 29 heavy (non-hydrogen) atoms. The maximum Gasteiger partial charge on any atom is 0.317 e. The van der Waals surface area contributed by atoms with Gasteiger partial charge in [-0.05, 0) is 37.1 Å². The topological polar surface area (TPSA) is 106 Å². The Kier molecular flexibility index (Phi) is 7.36. The van der Waals surface area contributed by atoms with Crippen molar-refractivity contribution < 1.29 is 19.1 Å². The highest BCUT2D eigenvalue weighted by Crippen LogP contribution is 2.29. The monoisotopic (exact) mass is 419 g/mol. The molecule has 1 atom stereocenters. The van der Waals surface area contributed by atoms with Crippen LogP contribution in [0.25, 0.3) is 0 Å². The zero-order valence-electron chi connectivity index (χ0n) is 16.5. The second kappa shape index (κ2) is 10.2. The fourth-order valence-electron chi connectivity index (χ4n) is 3.09. The molecule has 0 unspecified atom stereocenters. The lowest BCUT2D eigenvalue weighted by Gasteiger charge is -2.31. The molecule has 0 aliphatic carbocycles. The van der Waals surface area contributed by atoms with Gasteiger partial charge in [0, 0.05) is 38.3 Å². The number of carbonyl (C=O) groups is 2. The Morgan fingerprint density at radius 3 is 2.76 bits per heavy atom. The molecule has 3 rings (SSSR count). The largest absolute Gasteiger partial charge is 0.497 e. The summed E-state index contributed by atoms with van der Waals surface area (Å²) in [5, 5.41) is 15.0. The molecule has 0 spiro atoms. The quantitative estimate of drug-likeness (QED) is 0.668. The summed E-state index contributed by atoms with van der Waals surface area (Å²) >= 11 is 1.27. The van der Waals surface area contributed by atoms with E-state index >= 15 is 0 Å². The number of carbonyl (C=O) groups excluding carboxylic acids is 2. The third-order valence-corrected chi connectivity index (χ3v) is 5.71. The van der Waals surface area contributed by atoms with E-state index in [9.17, 15) is 9.59 Å². The lowest BCUT2D eigenvalue weighted by Crippen LogP contribution is -2.45. The van der Waals surface area contributed by atoms with E-state index in [2.05, 4.69) is 20.8 Å². The van der Waals surface area contributed by atoms with Crippen LogP contribution >= 0.6 is 11.3 Å². The molecule has 2 aromatic rings. The number of benzene rings is 1. The molecule has 10 heteroatoms. The molecule has 0 bridgehead atoms. The van der Waals surface area contributed by atoms with Gasteiger partial charge in [0.1, 0.15) is 10.8 Å². The normalized spacial score (nSPS) is 16.3. The zero-order valence-corrected chi connectivity index (χ0v) is 17.3. The van der Waals surface area contributed by atoms with Gasteiger partial charge in [0.05, 0.1) is 13.7 Å². The van der Waals surface area contributed by atoms with Crippen molar-refractivity contribution in [2.75, 3.05) is 45.8 Å². The predicted molar refractivity (Wildman–Crippen MR) is 110 cm³/mol. The van der Waals surface area contributed by atoms with Crippen molar-refractivity contribution in [2.24, 2.45) is 0 Å². The SMILES string of the molecule is COCCNC(=O)N1CCC[C@H](c2nnc(C(=O)Nc3ccc(OC)cc3)s2)C1. The third-order valence-electron chi connectivity index (χ3n) is 4.62. The number of likely N-dealkylation sites (tertiary alicyclic amines) is 1. The van der Waals surface area contributed by atoms with Crippen LogP contribution in [-0.2, 0) is 4.74 Å². The van der Waals surface area contributed by atoms with Crippen molar-refractivity contribution in [3.8, 4) is 5.75 Å². The molecular formula is C19H25N5O4S. The second-order valence-electron chi connectivity index (χ2n) is 6.64. The molecule has 156 valence electrons. The minimum atomic E-state index is -0.302. The van der Waals surface area contributed by atoms with Crippen LogP contribution in [0.2, 0.25) is 0 Å². The van der Waals surface area contributed by atoms with E-state index in [1.807, 2.05) is 0 Å². The summed E-state index contributed by atoms with van der Waals surface area (Å²) in [5.41, 5.74) is 0.657. The Morgan fingerprint density at radius 1 is 1.24 bits per heavy atom. The lowest BCUT2D eigenvalue weighted by molar-refractivity contribution is 0.102. The van der Waals surface area contributed by atoms with Crippen LogP contribution < -0.4 is 15.4 Å². The highest BCUT2D eigenvalue weighted by Gasteiger charge is 2.28. The van der Waals surface area contributed by atoms with Gasteiger partial charge in [-0.3, -0.25) is 4.79 Å². The Hall–Kier alpha value is -2.72. The number of anilines is 1. The van der Waals surface area contributed by atoms with E-state index in [1.54, 1.807) is 43.4 Å². The van der Waals surface area contributed by atoms with Crippen LogP contribution in [0.5, 0.6) is 5.75 Å².